The summed E-state index contributed by atoms with van der Waals surface area (Å²) in [7, 11) is 0. The Bertz CT molecular complexity index is 461. The standard InChI is InChI=1S/C9H6Br2ClNS2/c10-4-3-6(15-9(4)12)8(13)5-1-2-7(11)14-5/h1-3,8H,13H2. The fourth-order valence-corrected chi connectivity index (χ4v) is 4.43. The van der Waals surface area contributed by atoms with Crippen LogP contribution in [0.25, 0.3) is 0 Å². The molecule has 2 rings (SSSR count). The second-order valence-electron chi connectivity index (χ2n) is 2.89. The molecular formula is C9H6Br2ClNS2. The lowest BCUT2D eigenvalue weighted by Gasteiger charge is -2.05. The lowest BCUT2D eigenvalue weighted by Crippen LogP contribution is -2.07. The lowest BCUT2D eigenvalue weighted by molar-refractivity contribution is 0.917. The van der Waals surface area contributed by atoms with Gasteiger partial charge in [-0.2, -0.15) is 0 Å². The summed E-state index contributed by atoms with van der Waals surface area (Å²) >= 11 is 15.9. The molecule has 1 atom stereocenters. The molecular weight excluding hydrogens is 382 g/mol. The minimum atomic E-state index is -0.0879. The van der Waals surface area contributed by atoms with E-state index in [9.17, 15) is 0 Å². The van der Waals surface area contributed by atoms with Crippen LogP contribution >= 0.6 is 66.1 Å². The molecule has 2 heterocycles. The SMILES string of the molecule is NC(c1ccc(Br)s1)c1cc(Br)c(Cl)s1. The summed E-state index contributed by atoms with van der Waals surface area (Å²) in [5.74, 6) is 0. The van der Waals surface area contributed by atoms with Gasteiger partial charge in [0.1, 0.15) is 4.34 Å². The van der Waals surface area contributed by atoms with Crippen molar-refractivity contribution in [3.05, 3.63) is 40.5 Å². The minimum Gasteiger partial charge on any atom is -0.319 e. The predicted octanol–water partition coefficient (Wildman–Crippen LogP) is 5.04. The molecule has 1 unspecified atom stereocenters. The van der Waals surface area contributed by atoms with Gasteiger partial charge in [-0.05, 0) is 50.1 Å². The maximum absolute atomic E-state index is 6.13. The zero-order chi connectivity index (χ0) is 11.0. The molecule has 0 radical (unpaired) electrons. The first-order chi connectivity index (χ1) is 7.08. The van der Waals surface area contributed by atoms with E-state index >= 15 is 0 Å². The van der Waals surface area contributed by atoms with Crippen LogP contribution in [0.1, 0.15) is 15.8 Å². The largest absolute Gasteiger partial charge is 0.319 e. The van der Waals surface area contributed by atoms with Gasteiger partial charge in [-0.25, -0.2) is 0 Å². The van der Waals surface area contributed by atoms with Crippen molar-refractivity contribution in [1.29, 1.82) is 0 Å². The number of rotatable bonds is 2. The first kappa shape index (κ1) is 12.1. The van der Waals surface area contributed by atoms with Crippen LogP contribution in [0.5, 0.6) is 0 Å². The fraction of sp³-hybridized carbons (Fsp3) is 0.111. The van der Waals surface area contributed by atoms with Crippen LogP contribution in [0, 0.1) is 0 Å². The Hall–Kier alpha value is 0.610. The van der Waals surface area contributed by atoms with Crippen LogP contribution in [-0.2, 0) is 0 Å². The van der Waals surface area contributed by atoms with E-state index in [-0.39, 0.29) is 6.04 Å². The van der Waals surface area contributed by atoms with Gasteiger partial charge in [0.05, 0.1) is 9.83 Å². The van der Waals surface area contributed by atoms with Gasteiger partial charge in [-0.3, -0.25) is 0 Å². The van der Waals surface area contributed by atoms with E-state index < -0.39 is 0 Å². The first-order valence-electron chi connectivity index (χ1n) is 4.03. The average Bonchev–Trinajstić information content (AvgIpc) is 2.74. The zero-order valence-electron chi connectivity index (χ0n) is 7.34. The highest BCUT2D eigenvalue weighted by molar-refractivity contribution is 9.11. The van der Waals surface area contributed by atoms with E-state index in [0.717, 1.165) is 22.3 Å². The molecule has 2 aromatic heterocycles. The van der Waals surface area contributed by atoms with E-state index in [1.54, 1.807) is 11.3 Å². The van der Waals surface area contributed by atoms with E-state index in [0.29, 0.717) is 0 Å². The van der Waals surface area contributed by atoms with Gasteiger partial charge in [0.25, 0.3) is 0 Å². The summed E-state index contributed by atoms with van der Waals surface area (Å²) in [4.78, 5) is 2.20. The second-order valence-corrected chi connectivity index (χ2v) is 7.92. The van der Waals surface area contributed by atoms with Crippen molar-refractivity contribution in [2.75, 3.05) is 0 Å². The molecule has 15 heavy (non-hydrogen) atoms. The molecule has 2 N–H and O–H groups in total. The molecule has 0 aliphatic carbocycles. The third-order valence-corrected chi connectivity index (χ3v) is 6.14. The highest BCUT2D eigenvalue weighted by atomic mass is 79.9. The molecule has 1 nitrogen and oxygen atoms in total. The summed E-state index contributed by atoms with van der Waals surface area (Å²) in [6.07, 6.45) is 0. The van der Waals surface area contributed by atoms with Gasteiger partial charge in [0.2, 0.25) is 0 Å². The van der Waals surface area contributed by atoms with Gasteiger partial charge >= 0.3 is 0 Å². The number of hydrogen-bond acceptors (Lipinski definition) is 3. The van der Waals surface area contributed by atoms with Crippen molar-refractivity contribution < 1.29 is 0 Å². The Morgan fingerprint density at radius 1 is 1.20 bits per heavy atom. The topological polar surface area (TPSA) is 26.0 Å². The summed E-state index contributed by atoms with van der Waals surface area (Å²) in [6, 6.07) is 5.92. The fourth-order valence-electron chi connectivity index (χ4n) is 1.15. The number of thiophene rings is 2. The molecule has 0 fully saturated rings. The summed E-state index contributed by atoms with van der Waals surface area (Å²) in [5.41, 5.74) is 6.13. The molecule has 80 valence electrons. The number of hydrogen-bond donors (Lipinski definition) is 1. The van der Waals surface area contributed by atoms with E-state index in [1.165, 1.54) is 11.3 Å². The normalized spacial score (nSPS) is 13.1. The molecule has 0 saturated carbocycles. The molecule has 0 saturated heterocycles. The van der Waals surface area contributed by atoms with E-state index in [1.807, 2.05) is 18.2 Å². The van der Waals surface area contributed by atoms with Crippen molar-refractivity contribution in [2.24, 2.45) is 5.73 Å². The smallest absolute Gasteiger partial charge is 0.107 e. The predicted molar refractivity (Wildman–Crippen MR) is 75.1 cm³/mol. The van der Waals surface area contributed by atoms with Crippen LogP contribution in [0.2, 0.25) is 4.34 Å². The molecule has 6 heteroatoms. The van der Waals surface area contributed by atoms with Gasteiger partial charge in [-0.15, -0.1) is 22.7 Å². The van der Waals surface area contributed by atoms with E-state index in [2.05, 4.69) is 31.9 Å². The maximum Gasteiger partial charge on any atom is 0.107 e. The molecule has 0 amide bonds. The second kappa shape index (κ2) is 4.85. The lowest BCUT2D eigenvalue weighted by atomic mass is 10.2. The molecule has 0 aliphatic heterocycles. The minimum absolute atomic E-state index is 0.0879. The highest BCUT2D eigenvalue weighted by Gasteiger charge is 2.15. The third-order valence-electron chi connectivity index (χ3n) is 1.87. The summed E-state index contributed by atoms with van der Waals surface area (Å²) < 4.78 is 2.75. The van der Waals surface area contributed by atoms with Gasteiger partial charge in [-0.1, -0.05) is 11.6 Å². The molecule has 2 aromatic rings. The quantitative estimate of drug-likeness (QED) is 0.768. The van der Waals surface area contributed by atoms with Gasteiger partial charge in [0, 0.05) is 14.2 Å². The van der Waals surface area contributed by atoms with Gasteiger partial charge in [0.15, 0.2) is 0 Å². The highest BCUT2D eigenvalue weighted by Crippen LogP contribution is 2.38. The monoisotopic (exact) mass is 385 g/mol. The van der Waals surface area contributed by atoms with Crippen LogP contribution < -0.4 is 5.73 Å². The average molecular weight is 388 g/mol. The Balaban J connectivity index is 2.31. The molecule has 0 spiro atoms. The van der Waals surface area contributed by atoms with Crippen molar-refractivity contribution in [3.8, 4) is 0 Å². The van der Waals surface area contributed by atoms with Crippen molar-refractivity contribution in [1.82, 2.24) is 0 Å². The van der Waals surface area contributed by atoms with Crippen molar-refractivity contribution in [2.45, 2.75) is 6.04 Å². The first-order valence-corrected chi connectivity index (χ1v) is 7.63. The Kier molecular flexibility index (Phi) is 3.91. The number of halogens is 3. The third kappa shape index (κ3) is 2.65. The number of nitrogens with two attached hydrogens (primary N) is 1. The summed E-state index contributed by atoms with van der Waals surface area (Å²) in [6.45, 7) is 0. The van der Waals surface area contributed by atoms with Crippen molar-refractivity contribution >= 4 is 66.1 Å². The van der Waals surface area contributed by atoms with Crippen LogP contribution in [0.4, 0.5) is 0 Å². The van der Waals surface area contributed by atoms with Crippen LogP contribution in [0.15, 0.2) is 26.5 Å². The van der Waals surface area contributed by atoms with Crippen LogP contribution in [0.3, 0.4) is 0 Å². The Morgan fingerprint density at radius 2 is 1.93 bits per heavy atom. The molecule has 0 aromatic carbocycles. The van der Waals surface area contributed by atoms with Gasteiger partial charge < -0.3 is 5.73 Å². The Labute approximate surface area is 118 Å². The molecule has 0 bridgehead atoms. The van der Waals surface area contributed by atoms with E-state index in [4.69, 9.17) is 17.3 Å². The summed E-state index contributed by atoms with van der Waals surface area (Å²) in [5, 5.41) is 0. The van der Waals surface area contributed by atoms with Crippen LogP contribution in [-0.4, -0.2) is 0 Å². The maximum atomic E-state index is 6.13. The van der Waals surface area contributed by atoms with Crippen molar-refractivity contribution in [3.63, 3.8) is 0 Å². The Morgan fingerprint density at radius 3 is 2.40 bits per heavy atom. The molecule has 0 aliphatic rings. The zero-order valence-corrected chi connectivity index (χ0v) is 12.9.